The molecule has 0 aromatic heterocycles. The van der Waals surface area contributed by atoms with E-state index >= 15 is 0 Å². The second-order valence-electron chi connectivity index (χ2n) is 13.7. The summed E-state index contributed by atoms with van der Waals surface area (Å²) in [5.74, 6) is 2.14. The molecule has 0 bridgehead atoms. The van der Waals surface area contributed by atoms with Crippen molar-refractivity contribution in [3.8, 4) is 0 Å². The lowest BCUT2D eigenvalue weighted by Crippen LogP contribution is -2.36. The fourth-order valence-electron chi connectivity index (χ4n) is 7.76. The first-order valence-corrected chi connectivity index (χ1v) is 16.0. The fourth-order valence-corrected chi connectivity index (χ4v) is 7.76. The van der Waals surface area contributed by atoms with Gasteiger partial charge < -0.3 is 20.9 Å². The molecule has 5 atom stereocenters. The van der Waals surface area contributed by atoms with Gasteiger partial charge >= 0.3 is 6.09 Å². The molecule has 1 amide bonds. The molecular formula is C34H58N2O3. The highest BCUT2D eigenvalue weighted by Crippen LogP contribution is 2.60. The summed E-state index contributed by atoms with van der Waals surface area (Å²) in [6.45, 7) is 14.6. The Balaban J connectivity index is 1.55. The van der Waals surface area contributed by atoms with E-state index in [-0.39, 0.29) is 12.2 Å². The van der Waals surface area contributed by atoms with Crippen LogP contribution in [0.25, 0.3) is 0 Å². The Kier molecular flexibility index (Phi) is 12.2. The average Bonchev–Trinajstić information content (AvgIpc) is 3.23. The van der Waals surface area contributed by atoms with Crippen LogP contribution < -0.4 is 11.1 Å². The Morgan fingerprint density at radius 3 is 2.69 bits per heavy atom. The number of nitrogens with one attached hydrogen (secondary N) is 1. The molecule has 3 saturated carbocycles. The van der Waals surface area contributed by atoms with Crippen LogP contribution in [0.2, 0.25) is 0 Å². The van der Waals surface area contributed by atoms with E-state index in [1.54, 1.807) is 5.57 Å². The summed E-state index contributed by atoms with van der Waals surface area (Å²) < 4.78 is 5.78. The third-order valence-electron chi connectivity index (χ3n) is 10.0. The van der Waals surface area contributed by atoms with Gasteiger partial charge in [-0.1, -0.05) is 69.4 Å². The number of aliphatic hydroxyl groups is 1. The number of carbonyl (C=O) groups excluding carboxylic acids is 1. The number of nitrogens with two attached hydrogens (primary N) is 1. The molecule has 3 fully saturated rings. The number of unbranched alkanes of at least 4 members (excludes halogenated alkanes) is 3. The molecule has 0 spiro atoms. The van der Waals surface area contributed by atoms with E-state index in [9.17, 15) is 9.90 Å². The Morgan fingerprint density at radius 2 is 1.95 bits per heavy atom. The molecule has 0 unspecified atom stereocenters. The maximum atomic E-state index is 12.3. The number of amides is 1. The van der Waals surface area contributed by atoms with Crippen LogP contribution in [-0.4, -0.2) is 36.0 Å². The highest BCUT2D eigenvalue weighted by molar-refractivity contribution is 5.67. The number of rotatable bonds is 13. The van der Waals surface area contributed by atoms with Crippen molar-refractivity contribution in [1.82, 2.24) is 5.32 Å². The lowest BCUT2D eigenvalue weighted by molar-refractivity contribution is 0.0596. The van der Waals surface area contributed by atoms with Crippen molar-refractivity contribution in [3.05, 3.63) is 35.5 Å². The molecule has 5 nitrogen and oxygen atoms in total. The number of ether oxygens (including phenoxy) is 1. The smallest absolute Gasteiger partial charge is 0.407 e. The van der Waals surface area contributed by atoms with Gasteiger partial charge in [0.15, 0.2) is 0 Å². The van der Waals surface area contributed by atoms with Crippen LogP contribution in [-0.2, 0) is 4.74 Å². The van der Waals surface area contributed by atoms with Crippen molar-refractivity contribution in [3.63, 3.8) is 0 Å². The Labute approximate surface area is 239 Å². The first-order chi connectivity index (χ1) is 18.5. The van der Waals surface area contributed by atoms with Gasteiger partial charge in [-0.3, -0.25) is 0 Å². The van der Waals surface area contributed by atoms with Crippen molar-refractivity contribution in [2.24, 2.45) is 28.9 Å². The third kappa shape index (κ3) is 9.49. The summed E-state index contributed by atoms with van der Waals surface area (Å²) in [6.07, 6.45) is 20.7. The number of alkyl carbamates (subject to hydrolysis) is 1. The van der Waals surface area contributed by atoms with Crippen LogP contribution >= 0.6 is 0 Å². The summed E-state index contributed by atoms with van der Waals surface area (Å²) in [5, 5.41) is 13.1. The molecule has 222 valence electrons. The van der Waals surface area contributed by atoms with E-state index in [0.29, 0.717) is 23.8 Å². The highest BCUT2D eigenvalue weighted by Gasteiger charge is 2.50. The van der Waals surface area contributed by atoms with E-state index in [2.05, 4.69) is 37.9 Å². The number of fused-ring (bicyclic) bond motifs is 1. The predicted molar refractivity (Wildman–Crippen MR) is 162 cm³/mol. The van der Waals surface area contributed by atoms with E-state index in [1.807, 2.05) is 13.8 Å². The zero-order valence-electron chi connectivity index (χ0n) is 25.5. The lowest BCUT2D eigenvalue weighted by atomic mass is 9.60. The molecule has 3 rings (SSSR count). The largest absolute Gasteiger partial charge is 0.446 e. The zero-order chi connectivity index (χ0) is 28.5. The van der Waals surface area contributed by atoms with Gasteiger partial charge in [-0.05, 0) is 113 Å². The number of carbonyl (C=O) groups is 1. The monoisotopic (exact) mass is 542 g/mol. The molecule has 0 saturated heterocycles. The van der Waals surface area contributed by atoms with Gasteiger partial charge in [0, 0.05) is 13.0 Å². The van der Waals surface area contributed by atoms with E-state index in [4.69, 9.17) is 10.5 Å². The SMILES string of the molecule is C=C1CC[C@H](OC(=O)NCCCCCCN)C/C1=C/C=C1\CCC[C@]2(C)[C@@H]([C@H](C)CCCC(C)(C)O)CC[C@@H]12. The van der Waals surface area contributed by atoms with Crippen LogP contribution in [0.4, 0.5) is 4.79 Å². The summed E-state index contributed by atoms with van der Waals surface area (Å²) in [5.41, 5.74) is 9.42. The average molecular weight is 543 g/mol. The maximum Gasteiger partial charge on any atom is 0.407 e. The number of allylic oxidation sites excluding steroid dienone is 4. The summed E-state index contributed by atoms with van der Waals surface area (Å²) in [4.78, 5) is 12.3. The summed E-state index contributed by atoms with van der Waals surface area (Å²) in [7, 11) is 0. The van der Waals surface area contributed by atoms with E-state index in [1.165, 1.54) is 49.7 Å². The van der Waals surface area contributed by atoms with E-state index in [0.717, 1.165) is 70.3 Å². The molecule has 5 heteroatoms. The van der Waals surface area contributed by atoms with Crippen LogP contribution in [0.5, 0.6) is 0 Å². The number of hydrogen-bond donors (Lipinski definition) is 3. The molecule has 0 radical (unpaired) electrons. The van der Waals surface area contributed by atoms with Gasteiger partial charge in [0.05, 0.1) is 5.60 Å². The van der Waals surface area contributed by atoms with Gasteiger partial charge in [0.25, 0.3) is 0 Å². The van der Waals surface area contributed by atoms with E-state index < -0.39 is 5.60 Å². The topological polar surface area (TPSA) is 84.6 Å². The molecular weight excluding hydrogens is 484 g/mol. The molecule has 4 N–H and O–H groups in total. The Bertz CT molecular complexity index is 870. The van der Waals surface area contributed by atoms with Crippen molar-refractivity contribution in [2.45, 2.75) is 136 Å². The zero-order valence-corrected chi connectivity index (χ0v) is 25.5. The molecule has 0 aromatic rings. The molecule has 0 aromatic carbocycles. The molecule has 0 aliphatic heterocycles. The van der Waals surface area contributed by atoms with Crippen molar-refractivity contribution in [2.75, 3.05) is 13.1 Å². The van der Waals surface area contributed by atoms with Gasteiger partial charge in [0.1, 0.15) is 6.10 Å². The summed E-state index contributed by atoms with van der Waals surface area (Å²) >= 11 is 0. The van der Waals surface area contributed by atoms with Crippen molar-refractivity contribution < 1.29 is 14.6 Å². The first-order valence-electron chi connectivity index (χ1n) is 16.0. The Hall–Kier alpha value is -1.59. The van der Waals surface area contributed by atoms with Crippen LogP contribution in [0.3, 0.4) is 0 Å². The van der Waals surface area contributed by atoms with Crippen molar-refractivity contribution in [1.29, 1.82) is 0 Å². The standard InChI is InChI=1S/C34H58N2O3/c1-25-14-17-29(39-32(37)36-23-9-7-6-8-22-35)24-28(25)16-15-27-13-11-21-34(5)30(18-19-31(27)34)26(2)12-10-20-33(3,4)38/h15-16,26,29-31,38H,1,6-14,17-24,35H2,2-5H3,(H,36,37)/b27-15+,28-16-/t26-,29+,30-,31+,34-/m1/s1. The second kappa shape index (κ2) is 14.9. The van der Waals surface area contributed by atoms with Gasteiger partial charge in [-0.2, -0.15) is 0 Å². The second-order valence-corrected chi connectivity index (χ2v) is 13.7. The van der Waals surface area contributed by atoms with Gasteiger partial charge in [-0.15, -0.1) is 0 Å². The fraction of sp³-hybridized carbons (Fsp3) is 0.794. The minimum Gasteiger partial charge on any atom is -0.446 e. The van der Waals surface area contributed by atoms with Crippen LogP contribution in [0.15, 0.2) is 35.5 Å². The van der Waals surface area contributed by atoms with Gasteiger partial charge in [-0.25, -0.2) is 4.79 Å². The van der Waals surface area contributed by atoms with Crippen LogP contribution in [0, 0.1) is 23.2 Å². The molecule has 39 heavy (non-hydrogen) atoms. The molecule has 0 heterocycles. The molecule has 3 aliphatic carbocycles. The number of hydrogen-bond acceptors (Lipinski definition) is 4. The highest BCUT2D eigenvalue weighted by atomic mass is 16.6. The van der Waals surface area contributed by atoms with Crippen molar-refractivity contribution >= 4 is 6.09 Å². The Morgan fingerprint density at radius 1 is 1.18 bits per heavy atom. The first kappa shape index (κ1) is 31.9. The third-order valence-corrected chi connectivity index (χ3v) is 10.0. The lowest BCUT2D eigenvalue weighted by Gasteiger charge is -2.44. The van der Waals surface area contributed by atoms with Crippen LogP contribution in [0.1, 0.15) is 124 Å². The minimum absolute atomic E-state index is 0.0744. The molecule has 3 aliphatic rings. The summed E-state index contributed by atoms with van der Waals surface area (Å²) in [6, 6.07) is 0. The maximum absolute atomic E-state index is 12.3. The van der Waals surface area contributed by atoms with Gasteiger partial charge in [0.2, 0.25) is 0 Å². The quantitative estimate of drug-likeness (QED) is 0.206. The normalized spacial score (nSPS) is 30.4. The predicted octanol–water partition coefficient (Wildman–Crippen LogP) is 7.99. The minimum atomic E-state index is -0.558.